The molecule has 0 nitrogen and oxygen atoms in total. The largest absolute Gasteiger partial charge is 0.179 e. The second-order valence-electron chi connectivity index (χ2n) is 9.60. The summed E-state index contributed by atoms with van der Waals surface area (Å²) in [6.07, 6.45) is 6.98. The van der Waals surface area contributed by atoms with Crippen LogP contribution in [0.5, 0.6) is 0 Å². The normalized spacial score (nSPS) is 13.5. The first-order valence-electron chi connectivity index (χ1n) is 12.2. The second kappa shape index (κ2) is 9.44. The van der Waals surface area contributed by atoms with Gasteiger partial charge in [-0.3, -0.25) is 0 Å². The molecule has 1 aliphatic carbocycles. The maximum Gasteiger partial charge on any atom is 0.179 e. The Labute approximate surface area is 205 Å². The number of benzene rings is 4. The second-order valence-corrected chi connectivity index (χ2v) is 13.4. The van der Waals surface area contributed by atoms with Crippen LogP contribution in [0.4, 0.5) is 0 Å². The van der Waals surface area contributed by atoms with E-state index in [0.29, 0.717) is 0 Å². The van der Waals surface area contributed by atoms with Crippen molar-refractivity contribution in [1.82, 2.24) is 0 Å². The smallest absolute Gasteiger partial charge is 0.0801 e. The van der Waals surface area contributed by atoms with Gasteiger partial charge in [-0.15, -0.1) is 0 Å². The molecule has 34 heavy (non-hydrogen) atoms. The van der Waals surface area contributed by atoms with E-state index in [-0.39, 0.29) is 0 Å². The third kappa shape index (κ3) is 4.13. The first kappa shape index (κ1) is 22.4. The van der Waals surface area contributed by atoms with E-state index in [0.717, 1.165) is 12.8 Å². The van der Waals surface area contributed by atoms with Crippen LogP contribution in [-0.2, 0) is 6.42 Å². The Morgan fingerprint density at radius 2 is 1.06 bits per heavy atom. The molecule has 0 fully saturated rings. The van der Waals surface area contributed by atoms with Crippen LogP contribution in [0, 0.1) is 20.8 Å². The summed E-state index contributed by atoms with van der Waals surface area (Å²) in [5, 5.41) is 5.96. The lowest BCUT2D eigenvalue weighted by molar-refractivity contribution is 1.19. The highest BCUT2D eigenvalue weighted by Gasteiger charge is 2.45. The average Bonchev–Trinajstić information content (AvgIpc) is 3.29. The average molecular weight is 457 g/mol. The standard InChI is InChI=1S/C33H32Si/c1-25-11-7-17-30(21-25)34(31-18-8-12-26(2)22-31,32-19-9-13-27(3)23-32)33-20-10-16-29(33)24-28-14-5-4-6-15-28/h4-9,11-23H,10,24H2,1-3H3. The maximum absolute atomic E-state index is 2.53. The summed E-state index contributed by atoms with van der Waals surface area (Å²) < 4.78 is 0. The highest BCUT2D eigenvalue weighted by atomic mass is 28.3. The zero-order valence-corrected chi connectivity index (χ0v) is 21.4. The minimum atomic E-state index is -2.51. The monoisotopic (exact) mass is 456 g/mol. The molecule has 1 heteroatoms. The highest BCUT2D eigenvalue weighted by Crippen LogP contribution is 2.32. The molecule has 4 aromatic rings. The molecule has 0 atom stereocenters. The predicted molar refractivity (Wildman–Crippen MR) is 149 cm³/mol. The number of aryl methyl sites for hydroxylation is 3. The molecule has 1 aliphatic rings. The van der Waals surface area contributed by atoms with Crippen LogP contribution in [0.2, 0.25) is 0 Å². The Hall–Kier alpha value is -3.42. The molecule has 0 saturated carbocycles. The number of rotatable bonds is 6. The van der Waals surface area contributed by atoms with Gasteiger partial charge in [0.1, 0.15) is 0 Å². The van der Waals surface area contributed by atoms with Crippen LogP contribution < -0.4 is 15.6 Å². The Kier molecular flexibility index (Phi) is 6.21. The molecule has 0 aromatic heterocycles. The van der Waals surface area contributed by atoms with E-state index in [2.05, 4.69) is 136 Å². The molecular weight excluding hydrogens is 424 g/mol. The Morgan fingerprint density at radius 1 is 0.559 bits per heavy atom. The fourth-order valence-electron chi connectivity index (χ4n) is 5.54. The molecule has 0 spiro atoms. The van der Waals surface area contributed by atoms with E-state index in [1.807, 2.05) is 0 Å². The molecule has 0 saturated heterocycles. The van der Waals surface area contributed by atoms with E-state index >= 15 is 0 Å². The summed E-state index contributed by atoms with van der Waals surface area (Å²) in [5.74, 6) is 0. The van der Waals surface area contributed by atoms with Gasteiger partial charge in [-0.25, -0.2) is 0 Å². The molecule has 0 heterocycles. The van der Waals surface area contributed by atoms with E-state index in [4.69, 9.17) is 0 Å². The number of hydrogen-bond donors (Lipinski definition) is 0. The van der Waals surface area contributed by atoms with Crippen molar-refractivity contribution in [3.05, 3.63) is 148 Å². The quantitative estimate of drug-likeness (QED) is 0.242. The summed E-state index contributed by atoms with van der Waals surface area (Å²) in [7, 11) is -2.51. The topological polar surface area (TPSA) is 0 Å². The maximum atomic E-state index is 2.53. The van der Waals surface area contributed by atoms with Gasteiger partial charge in [0.15, 0.2) is 8.07 Å². The molecule has 5 rings (SSSR count). The van der Waals surface area contributed by atoms with Gasteiger partial charge < -0.3 is 0 Å². The third-order valence-electron chi connectivity index (χ3n) is 7.03. The molecule has 0 aliphatic heterocycles. The summed E-state index contributed by atoms with van der Waals surface area (Å²) in [5.41, 5.74) is 6.83. The van der Waals surface area contributed by atoms with Crippen molar-refractivity contribution < 1.29 is 0 Å². The molecule has 4 aromatic carbocycles. The van der Waals surface area contributed by atoms with Crippen molar-refractivity contribution in [3.8, 4) is 0 Å². The first-order valence-corrected chi connectivity index (χ1v) is 14.2. The first-order chi connectivity index (χ1) is 16.6. The minimum absolute atomic E-state index is 0.977. The van der Waals surface area contributed by atoms with Crippen molar-refractivity contribution in [2.24, 2.45) is 0 Å². The lowest BCUT2D eigenvalue weighted by Gasteiger charge is -2.37. The van der Waals surface area contributed by atoms with E-state index in [1.54, 1.807) is 5.20 Å². The van der Waals surface area contributed by atoms with Gasteiger partial charge in [0, 0.05) is 0 Å². The number of allylic oxidation sites excluding steroid dienone is 4. The van der Waals surface area contributed by atoms with Crippen molar-refractivity contribution in [2.45, 2.75) is 33.6 Å². The summed E-state index contributed by atoms with van der Waals surface area (Å²) in [6, 6.07) is 38.8. The fourth-order valence-corrected chi connectivity index (χ4v) is 10.9. The molecule has 0 radical (unpaired) electrons. The zero-order chi connectivity index (χ0) is 23.5. The SMILES string of the molecule is Cc1cccc([Si](C2=CCC=C2Cc2ccccc2)(c2cccc(C)c2)c2cccc(C)c2)c1. The van der Waals surface area contributed by atoms with Crippen molar-refractivity contribution in [2.75, 3.05) is 0 Å². The van der Waals surface area contributed by atoms with Crippen LogP contribution >= 0.6 is 0 Å². The molecule has 0 amide bonds. The Balaban J connectivity index is 1.81. The summed E-state index contributed by atoms with van der Waals surface area (Å²) in [6.45, 7) is 6.66. The summed E-state index contributed by atoms with van der Waals surface area (Å²) in [4.78, 5) is 0. The lowest BCUT2D eigenvalue weighted by Crippen LogP contribution is -2.69. The van der Waals surface area contributed by atoms with Crippen molar-refractivity contribution in [3.63, 3.8) is 0 Å². The van der Waals surface area contributed by atoms with E-state index in [9.17, 15) is 0 Å². The summed E-state index contributed by atoms with van der Waals surface area (Å²) >= 11 is 0. The van der Waals surface area contributed by atoms with Crippen LogP contribution in [-0.4, -0.2) is 8.07 Å². The lowest BCUT2D eigenvalue weighted by atomic mass is 10.1. The molecule has 168 valence electrons. The Morgan fingerprint density at radius 3 is 1.53 bits per heavy atom. The van der Waals surface area contributed by atoms with Gasteiger partial charge in [0.2, 0.25) is 0 Å². The van der Waals surface area contributed by atoms with Gasteiger partial charge in [0.05, 0.1) is 0 Å². The predicted octanol–water partition coefficient (Wildman–Crippen LogP) is 6.12. The Bertz CT molecular complexity index is 1260. The zero-order valence-electron chi connectivity index (χ0n) is 20.4. The molecule has 0 bridgehead atoms. The molecular formula is C33H32Si. The fraction of sp³-hybridized carbons (Fsp3) is 0.152. The van der Waals surface area contributed by atoms with Crippen LogP contribution in [0.25, 0.3) is 0 Å². The van der Waals surface area contributed by atoms with Gasteiger partial charge >= 0.3 is 0 Å². The van der Waals surface area contributed by atoms with Gasteiger partial charge in [-0.1, -0.05) is 132 Å². The van der Waals surface area contributed by atoms with Crippen LogP contribution in [0.3, 0.4) is 0 Å². The van der Waals surface area contributed by atoms with Gasteiger partial charge in [-0.2, -0.15) is 0 Å². The van der Waals surface area contributed by atoms with Gasteiger partial charge in [-0.05, 0) is 65.5 Å². The number of hydrogen-bond acceptors (Lipinski definition) is 0. The van der Waals surface area contributed by atoms with Crippen molar-refractivity contribution >= 4 is 23.6 Å². The van der Waals surface area contributed by atoms with E-state index in [1.165, 1.54) is 43.4 Å². The van der Waals surface area contributed by atoms with Crippen LogP contribution in [0.1, 0.15) is 28.7 Å². The minimum Gasteiger partial charge on any atom is -0.0801 e. The molecule has 0 unspecified atom stereocenters. The van der Waals surface area contributed by atoms with E-state index < -0.39 is 8.07 Å². The van der Waals surface area contributed by atoms with Gasteiger partial charge in [0.25, 0.3) is 0 Å². The van der Waals surface area contributed by atoms with Crippen LogP contribution in [0.15, 0.2) is 126 Å². The van der Waals surface area contributed by atoms with Crippen molar-refractivity contribution in [1.29, 1.82) is 0 Å². The third-order valence-corrected chi connectivity index (χ3v) is 11.9. The molecule has 0 N–H and O–H groups in total. The highest BCUT2D eigenvalue weighted by molar-refractivity contribution is 7.16.